The quantitative estimate of drug-likeness (QED) is 0.210. The van der Waals surface area contributed by atoms with Gasteiger partial charge in [0.25, 0.3) is 0 Å². The van der Waals surface area contributed by atoms with E-state index in [4.69, 9.17) is 0 Å². The highest BCUT2D eigenvalue weighted by atomic mass is 16.4. The van der Waals surface area contributed by atoms with Gasteiger partial charge >= 0.3 is 23.9 Å². The van der Waals surface area contributed by atoms with Gasteiger partial charge in [0.1, 0.15) is 0 Å². The van der Waals surface area contributed by atoms with Crippen LogP contribution in [0.1, 0.15) is 41.4 Å². The number of hydrogen-bond donors (Lipinski definition) is 4. The largest absolute Gasteiger partial charge is 0.478 e. The van der Waals surface area contributed by atoms with Gasteiger partial charge in [-0.1, -0.05) is 24.3 Å². The summed E-state index contributed by atoms with van der Waals surface area (Å²) >= 11 is 0. The maximum Gasteiger partial charge on any atom is 0.335 e. The van der Waals surface area contributed by atoms with Gasteiger partial charge in [-0.15, -0.1) is 40.8 Å². The van der Waals surface area contributed by atoms with Crippen molar-refractivity contribution >= 4 is 23.9 Å². The van der Waals surface area contributed by atoms with Crippen LogP contribution in [-0.2, 0) is 0 Å². The Labute approximate surface area is 233 Å². The molecule has 0 bridgehead atoms. The minimum Gasteiger partial charge on any atom is -0.478 e. The lowest BCUT2D eigenvalue weighted by molar-refractivity contribution is 0.0676. The maximum absolute atomic E-state index is 11.4. The Balaban J connectivity index is 1.37. The fraction of sp³-hybridized carbons (Fsp3) is 0. The first kappa shape index (κ1) is 27.0. The van der Waals surface area contributed by atoms with E-state index >= 15 is 0 Å². The normalized spacial score (nSPS) is 10.7. The molecular weight excluding hydrogens is 552 g/mol. The van der Waals surface area contributed by atoms with Gasteiger partial charge in [0.05, 0.1) is 22.3 Å². The molecule has 0 atom stereocenters. The van der Waals surface area contributed by atoms with Gasteiger partial charge in [-0.2, -0.15) is 0 Å². The molecule has 2 aromatic heterocycles. The minimum atomic E-state index is -1.32. The summed E-state index contributed by atoms with van der Waals surface area (Å²) < 4.78 is 0. The molecule has 0 saturated carbocycles. The first-order valence-corrected chi connectivity index (χ1v) is 11.6. The zero-order chi connectivity index (χ0) is 30.0. The number of nitrogens with zero attached hydrogens (tertiary/aromatic N) is 8. The molecule has 0 amide bonds. The van der Waals surface area contributed by atoms with Gasteiger partial charge < -0.3 is 20.4 Å². The molecule has 4 N–H and O–H groups in total. The molecule has 0 aliphatic heterocycles. The van der Waals surface area contributed by atoms with Crippen molar-refractivity contribution in [3.05, 3.63) is 82.9 Å². The van der Waals surface area contributed by atoms with Crippen LogP contribution in [0.25, 0.3) is 45.6 Å². The number of aromatic carboxylic acids is 4. The zero-order valence-electron chi connectivity index (χ0n) is 20.8. The Morgan fingerprint density at radius 2 is 0.571 bits per heavy atom. The van der Waals surface area contributed by atoms with Crippen molar-refractivity contribution in [1.82, 2.24) is 40.8 Å². The van der Waals surface area contributed by atoms with E-state index in [1.165, 1.54) is 24.3 Å². The van der Waals surface area contributed by atoms with Gasteiger partial charge in [0.2, 0.25) is 23.3 Å². The summed E-state index contributed by atoms with van der Waals surface area (Å²) in [6, 6.07) is 13.3. The van der Waals surface area contributed by atoms with E-state index in [1.54, 1.807) is 24.3 Å². The third kappa shape index (κ3) is 5.57. The average molecular weight is 566 g/mol. The molecule has 42 heavy (non-hydrogen) atoms. The van der Waals surface area contributed by atoms with Gasteiger partial charge in [-0.25, -0.2) is 19.2 Å². The summed E-state index contributed by atoms with van der Waals surface area (Å²) in [5.74, 6) is -5.17. The summed E-state index contributed by atoms with van der Waals surface area (Å²) in [6.45, 7) is 0. The molecule has 2 heterocycles. The van der Waals surface area contributed by atoms with E-state index in [0.29, 0.717) is 11.1 Å². The van der Waals surface area contributed by atoms with Crippen molar-refractivity contribution in [2.75, 3.05) is 0 Å². The minimum absolute atomic E-state index is 0.0732. The summed E-state index contributed by atoms with van der Waals surface area (Å²) in [7, 11) is 0. The van der Waals surface area contributed by atoms with Crippen LogP contribution in [0.2, 0.25) is 0 Å². The van der Waals surface area contributed by atoms with Crippen molar-refractivity contribution in [2.24, 2.45) is 0 Å². The smallest absolute Gasteiger partial charge is 0.335 e. The summed E-state index contributed by atoms with van der Waals surface area (Å²) in [5.41, 5.74) is 0.196. The Morgan fingerprint density at radius 1 is 0.357 bits per heavy atom. The molecule has 206 valence electrons. The van der Waals surface area contributed by atoms with Crippen LogP contribution in [0.5, 0.6) is 0 Å². The van der Waals surface area contributed by atoms with Crippen molar-refractivity contribution in [3.63, 3.8) is 0 Å². The van der Waals surface area contributed by atoms with Crippen molar-refractivity contribution in [2.45, 2.75) is 0 Å². The third-order valence-corrected chi connectivity index (χ3v) is 5.73. The molecule has 16 nitrogen and oxygen atoms in total. The lowest BCUT2D eigenvalue weighted by Crippen LogP contribution is -2.05. The van der Waals surface area contributed by atoms with E-state index in [2.05, 4.69) is 40.8 Å². The van der Waals surface area contributed by atoms with Crippen LogP contribution in [0.3, 0.4) is 0 Å². The molecule has 0 saturated heterocycles. The van der Waals surface area contributed by atoms with Crippen molar-refractivity contribution in [3.8, 4) is 45.6 Å². The highest BCUT2D eigenvalue weighted by Crippen LogP contribution is 2.23. The molecule has 0 spiro atoms. The number of aromatic nitrogens is 8. The van der Waals surface area contributed by atoms with Gasteiger partial charge in [0.15, 0.2) is 0 Å². The van der Waals surface area contributed by atoms with E-state index in [9.17, 15) is 39.6 Å². The molecule has 0 radical (unpaired) electrons. The predicted molar refractivity (Wildman–Crippen MR) is 138 cm³/mol. The second kappa shape index (κ2) is 10.9. The van der Waals surface area contributed by atoms with Crippen LogP contribution in [0.4, 0.5) is 0 Å². The number of carboxylic acid groups (broad SMARTS) is 4. The standard InChI is InChI=1S/C26H14N8O8/c35-23(36)15-5-13(6-16(9-15)24(37)38)21-31-27-19(28-32-21)11-1-2-12(4-3-11)20-29-33-22(34-30-20)14-7-17(25(39)40)10-18(8-14)26(41)42/h1-10H,(H,35,36)(H,37,38)(H,39,40)(H,41,42). The number of carbonyl (C=O) groups is 4. The first-order valence-electron chi connectivity index (χ1n) is 11.6. The lowest BCUT2D eigenvalue weighted by Gasteiger charge is -2.05. The van der Waals surface area contributed by atoms with E-state index in [0.717, 1.165) is 12.1 Å². The number of hydrogen-bond acceptors (Lipinski definition) is 12. The second-order valence-electron chi connectivity index (χ2n) is 8.49. The van der Waals surface area contributed by atoms with Crippen LogP contribution >= 0.6 is 0 Å². The number of benzene rings is 3. The zero-order valence-corrected chi connectivity index (χ0v) is 20.8. The molecule has 0 aliphatic rings. The summed E-state index contributed by atoms with van der Waals surface area (Å²) in [5, 5.41) is 68.9. The Bertz CT molecular complexity index is 1680. The third-order valence-electron chi connectivity index (χ3n) is 5.73. The molecule has 3 aromatic carbocycles. The summed E-state index contributed by atoms with van der Waals surface area (Å²) in [6.07, 6.45) is 0. The van der Waals surface area contributed by atoms with Gasteiger partial charge in [-0.05, 0) is 36.4 Å². The van der Waals surface area contributed by atoms with Gasteiger partial charge in [-0.3, -0.25) is 0 Å². The Hall–Kier alpha value is -6.58. The van der Waals surface area contributed by atoms with Crippen molar-refractivity contribution < 1.29 is 39.6 Å². The first-order chi connectivity index (χ1) is 20.1. The molecule has 16 heteroatoms. The van der Waals surface area contributed by atoms with Crippen LogP contribution in [0, 0.1) is 0 Å². The number of rotatable bonds is 8. The summed E-state index contributed by atoms with van der Waals surface area (Å²) in [4.78, 5) is 45.4. The fourth-order valence-corrected chi connectivity index (χ4v) is 3.70. The van der Waals surface area contributed by atoms with E-state index in [1.807, 2.05) is 0 Å². The molecule has 0 aliphatic carbocycles. The van der Waals surface area contributed by atoms with Crippen LogP contribution in [0.15, 0.2) is 60.7 Å². The highest BCUT2D eigenvalue weighted by molar-refractivity contribution is 5.96. The van der Waals surface area contributed by atoms with Crippen molar-refractivity contribution in [1.29, 1.82) is 0 Å². The van der Waals surface area contributed by atoms with E-state index < -0.39 is 23.9 Å². The monoisotopic (exact) mass is 566 g/mol. The highest BCUT2D eigenvalue weighted by Gasteiger charge is 2.17. The second-order valence-corrected chi connectivity index (χ2v) is 8.49. The van der Waals surface area contributed by atoms with Gasteiger partial charge in [0, 0.05) is 22.3 Å². The molecule has 5 aromatic rings. The Morgan fingerprint density at radius 3 is 0.786 bits per heavy atom. The molecule has 0 fully saturated rings. The Kier molecular flexibility index (Phi) is 7.00. The molecule has 5 rings (SSSR count). The fourth-order valence-electron chi connectivity index (χ4n) is 3.70. The lowest BCUT2D eigenvalue weighted by atomic mass is 10.1. The van der Waals surface area contributed by atoms with E-state index in [-0.39, 0.29) is 56.7 Å². The number of carboxylic acids is 4. The maximum atomic E-state index is 11.4. The predicted octanol–water partition coefficient (Wildman–Crippen LogP) is 2.31. The average Bonchev–Trinajstić information content (AvgIpc) is 3.00. The SMILES string of the molecule is O=C(O)c1cc(C(=O)O)cc(-c2nnc(-c3ccc(-c4nnc(-c5cc(C(=O)O)cc(C(=O)O)c5)nn4)cc3)nn2)c1. The van der Waals surface area contributed by atoms with Crippen LogP contribution in [-0.4, -0.2) is 85.1 Å². The molecule has 0 unspecified atom stereocenters. The van der Waals surface area contributed by atoms with Crippen LogP contribution < -0.4 is 0 Å². The molecular formula is C26H14N8O8. The topological polar surface area (TPSA) is 252 Å².